The van der Waals surface area contributed by atoms with Crippen molar-refractivity contribution in [1.29, 1.82) is 5.26 Å². The summed E-state index contributed by atoms with van der Waals surface area (Å²) in [6, 6.07) is 14.8. The molecule has 0 aliphatic rings. The summed E-state index contributed by atoms with van der Waals surface area (Å²) in [6.07, 6.45) is -0.626. The van der Waals surface area contributed by atoms with Crippen LogP contribution in [0.5, 0.6) is 5.75 Å². The van der Waals surface area contributed by atoms with Gasteiger partial charge in [0.2, 0.25) is 0 Å². The molecule has 4 nitrogen and oxygen atoms in total. The molecule has 23 heavy (non-hydrogen) atoms. The molecule has 2 rings (SSSR count). The molecule has 2 aromatic rings. The molecule has 0 heterocycles. The lowest BCUT2D eigenvalue weighted by molar-refractivity contribution is 0.118. The van der Waals surface area contributed by atoms with Crippen molar-refractivity contribution < 1.29 is 14.2 Å². The number of ether oxygens (including phenoxy) is 1. The van der Waals surface area contributed by atoms with Crippen molar-refractivity contribution in [2.75, 3.05) is 26.7 Å². The van der Waals surface area contributed by atoms with E-state index in [4.69, 9.17) is 10.00 Å². The quantitative estimate of drug-likeness (QED) is 0.854. The van der Waals surface area contributed by atoms with Crippen LogP contribution in [0.4, 0.5) is 4.39 Å². The van der Waals surface area contributed by atoms with Gasteiger partial charge >= 0.3 is 0 Å². The van der Waals surface area contributed by atoms with E-state index < -0.39 is 6.10 Å². The smallest absolute Gasteiger partial charge is 0.123 e. The molecule has 0 aliphatic carbocycles. The zero-order valence-electron chi connectivity index (χ0n) is 12.9. The van der Waals surface area contributed by atoms with Crippen LogP contribution in [-0.2, 0) is 0 Å². The molecule has 0 saturated carbocycles. The number of benzene rings is 2. The Balaban J connectivity index is 1.76. The van der Waals surface area contributed by atoms with Crippen LogP contribution < -0.4 is 4.74 Å². The third-order valence-electron chi connectivity index (χ3n) is 3.46. The fourth-order valence-corrected chi connectivity index (χ4v) is 2.12. The first kappa shape index (κ1) is 16.9. The van der Waals surface area contributed by atoms with E-state index in [9.17, 15) is 9.50 Å². The van der Waals surface area contributed by atoms with Crippen molar-refractivity contribution >= 4 is 0 Å². The Labute approximate surface area is 135 Å². The Morgan fingerprint density at radius 3 is 2.43 bits per heavy atom. The van der Waals surface area contributed by atoms with E-state index in [1.54, 1.807) is 36.4 Å². The van der Waals surface area contributed by atoms with Crippen LogP contribution in [0.2, 0.25) is 0 Å². The Morgan fingerprint density at radius 1 is 1.17 bits per heavy atom. The Kier molecular flexibility index (Phi) is 6.10. The van der Waals surface area contributed by atoms with Crippen LogP contribution in [0.15, 0.2) is 48.5 Å². The number of aliphatic hydroxyl groups is 1. The highest BCUT2D eigenvalue weighted by molar-refractivity contribution is 5.32. The summed E-state index contributed by atoms with van der Waals surface area (Å²) in [7, 11) is 1.89. The first-order valence-electron chi connectivity index (χ1n) is 7.33. The average Bonchev–Trinajstić information content (AvgIpc) is 2.56. The number of halogens is 1. The van der Waals surface area contributed by atoms with Crippen LogP contribution in [0.1, 0.15) is 17.2 Å². The lowest BCUT2D eigenvalue weighted by atomic mass is 10.1. The molecular formula is C18H19FN2O2. The number of nitrogens with zero attached hydrogens (tertiary/aromatic N) is 2. The summed E-state index contributed by atoms with van der Waals surface area (Å²) in [5.74, 6) is 0.326. The normalized spacial score (nSPS) is 12.0. The number of nitriles is 1. The molecule has 5 heteroatoms. The zero-order valence-corrected chi connectivity index (χ0v) is 12.9. The number of hydrogen-bond donors (Lipinski definition) is 1. The molecule has 1 unspecified atom stereocenters. The van der Waals surface area contributed by atoms with Crippen molar-refractivity contribution in [3.8, 4) is 11.8 Å². The Bertz CT molecular complexity index is 650. The fraction of sp³-hybridized carbons (Fsp3) is 0.278. The minimum atomic E-state index is -0.626. The van der Waals surface area contributed by atoms with Gasteiger partial charge in [0.15, 0.2) is 0 Å². The van der Waals surface area contributed by atoms with Crippen molar-refractivity contribution in [2.45, 2.75) is 6.10 Å². The predicted molar refractivity (Wildman–Crippen MR) is 85.5 cm³/mol. The lowest BCUT2D eigenvalue weighted by Crippen LogP contribution is -2.28. The van der Waals surface area contributed by atoms with Gasteiger partial charge in [0.25, 0.3) is 0 Å². The van der Waals surface area contributed by atoms with Gasteiger partial charge in [-0.05, 0) is 49.0 Å². The SMILES string of the molecule is CN(CCOc1ccc(F)cc1)CC(O)c1ccc(C#N)cc1. The molecule has 0 radical (unpaired) electrons. The van der Waals surface area contributed by atoms with Crippen LogP contribution in [0.3, 0.4) is 0 Å². The van der Waals surface area contributed by atoms with E-state index in [0.29, 0.717) is 31.0 Å². The minimum absolute atomic E-state index is 0.292. The van der Waals surface area contributed by atoms with Gasteiger partial charge in [0, 0.05) is 13.1 Å². The van der Waals surface area contributed by atoms with Gasteiger partial charge in [0.05, 0.1) is 17.7 Å². The molecule has 0 aromatic heterocycles. The monoisotopic (exact) mass is 314 g/mol. The Morgan fingerprint density at radius 2 is 1.83 bits per heavy atom. The van der Waals surface area contributed by atoms with Crippen molar-refractivity contribution in [2.24, 2.45) is 0 Å². The molecule has 0 bridgehead atoms. The third kappa shape index (κ3) is 5.37. The summed E-state index contributed by atoms with van der Waals surface area (Å²) in [5.41, 5.74) is 1.34. The molecule has 0 saturated heterocycles. The number of rotatable bonds is 7. The highest BCUT2D eigenvalue weighted by atomic mass is 19.1. The number of likely N-dealkylation sites (N-methyl/N-ethyl adjacent to an activating group) is 1. The summed E-state index contributed by atoms with van der Waals surface area (Å²) >= 11 is 0. The summed E-state index contributed by atoms with van der Waals surface area (Å²) < 4.78 is 18.3. The molecular weight excluding hydrogens is 295 g/mol. The third-order valence-corrected chi connectivity index (χ3v) is 3.46. The fourth-order valence-electron chi connectivity index (χ4n) is 2.12. The lowest BCUT2D eigenvalue weighted by Gasteiger charge is -2.21. The maximum absolute atomic E-state index is 12.8. The number of aliphatic hydroxyl groups excluding tert-OH is 1. The molecule has 2 aromatic carbocycles. The summed E-state index contributed by atoms with van der Waals surface area (Å²) in [4.78, 5) is 1.95. The van der Waals surface area contributed by atoms with Gasteiger partial charge in [-0.3, -0.25) is 0 Å². The molecule has 1 atom stereocenters. The second kappa shape index (κ2) is 8.28. The van der Waals surface area contributed by atoms with Crippen LogP contribution in [0.25, 0.3) is 0 Å². The predicted octanol–water partition coefficient (Wildman–Crippen LogP) is 2.74. The highest BCUT2D eigenvalue weighted by Gasteiger charge is 2.10. The molecule has 0 fully saturated rings. The van der Waals surface area contributed by atoms with Crippen molar-refractivity contribution in [3.63, 3.8) is 0 Å². The topological polar surface area (TPSA) is 56.5 Å². The molecule has 0 amide bonds. The van der Waals surface area contributed by atoms with E-state index in [1.165, 1.54) is 12.1 Å². The molecule has 0 spiro atoms. The van der Waals surface area contributed by atoms with E-state index in [-0.39, 0.29) is 5.82 Å². The van der Waals surface area contributed by atoms with Gasteiger partial charge in [-0.2, -0.15) is 5.26 Å². The maximum Gasteiger partial charge on any atom is 0.123 e. The van der Waals surface area contributed by atoms with Gasteiger partial charge in [-0.25, -0.2) is 4.39 Å². The van der Waals surface area contributed by atoms with E-state index in [1.807, 2.05) is 18.0 Å². The highest BCUT2D eigenvalue weighted by Crippen LogP contribution is 2.15. The van der Waals surface area contributed by atoms with Crippen molar-refractivity contribution in [1.82, 2.24) is 4.90 Å². The molecule has 120 valence electrons. The van der Waals surface area contributed by atoms with E-state index >= 15 is 0 Å². The van der Waals surface area contributed by atoms with Crippen LogP contribution in [0, 0.1) is 17.1 Å². The summed E-state index contributed by atoms with van der Waals surface area (Å²) in [6.45, 7) is 1.53. The maximum atomic E-state index is 12.8. The van der Waals surface area contributed by atoms with Gasteiger partial charge in [-0.1, -0.05) is 12.1 Å². The Hall–Kier alpha value is -2.42. The second-order valence-corrected chi connectivity index (χ2v) is 5.31. The van der Waals surface area contributed by atoms with Gasteiger partial charge in [-0.15, -0.1) is 0 Å². The largest absolute Gasteiger partial charge is 0.492 e. The minimum Gasteiger partial charge on any atom is -0.492 e. The van der Waals surface area contributed by atoms with Crippen LogP contribution >= 0.6 is 0 Å². The van der Waals surface area contributed by atoms with E-state index in [0.717, 1.165) is 5.56 Å². The molecule has 1 N–H and O–H groups in total. The van der Waals surface area contributed by atoms with E-state index in [2.05, 4.69) is 0 Å². The number of hydrogen-bond acceptors (Lipinski definition) is 4. The summed E-state index contributed by atoms with van der Waals surface area (Å²) in [5, 5.41) is 19.0. The second-order valence-electron chi connectivity index (χ2n) is 5.31. The van der Waals surface area contributed by atoms with Crippen molar-refractivity contribution in [3.05, 3.63) is 65.5 Å². The molecule has 0 aliphatic heterocycles. The van der Waals surface area contributed by atoms with Crippen LogP contribution in [-0.4, -0.2) is 36.8 Å². The van der Waals surface area contributed by atoms with Gasteiger partial charge < -0.3 is 14.7 Å². The first-order valence-corrected chi connectivity index (χ1v) is 7.33. The zero-order chi connectivity index (χ0) is 16.7. The first-order chi connectivity index (χ1) is 11.1. The standard InChI is InChI=1S/C18H19FN2O2/c1-21(10-11-23-17-8-6-16(19)7-9-17)13-18(22)15-4-2-14(12-20)3-5-15/h2-9,18,22H,10-11,13H2,1H3. The average molecular weight is 314 g/mol. The van der Waals surface area contributed by atoms with Gasteiger partial charge in [0.1, 0.15) is 18.2 Å².